The fraction of sp³-hybridized carbons (Fsp3) is 0.455. The Morgan fingerprint density at radius 3 is 1.87 bits per heavy atom. The largest absolute Gasteiger partial charge is 0.496 e. The summed E-state index contributed by atoms with van der Waals surface area (Å²) in [7, 11) is 2.75. The highest BCUT2D eigenvalue weighted by Gasteiger charge is 2.20. The van der Waals surface area contributed by atoms with E-state index in [1.165, 1.54) is 14.2 Å². The van der Waals surface area contributed by atoms with Gasteiger partial charge in [-0.3, -0.25) is 0 Å². The normalized spacial score (nSPS) is 10.5. The molecule has 0 fully saturated rings. The summed E-state index contributed by atoms with van der Waals surface area (Å²) < 4.78 is 35.3. The Hall–Kier alpha value is -1.32. The van der Waals surface area contributed by atoms with Gasteiger partial charge in [0, 0.05) is 0 Å². The minimum Gasteiger partial charge on any atom is -0.496 e. The first-order valence-electron chi connectivity index (χ1n) is 4.67. The summed E-state index contributed by atoms with van der Waals surface area (Å²) in [4.78, 5) is 0. The maximum Gasteiger partial charge on any atom is 0.271 e. The third kappa shape index (κ3) is 2.37. The highest BCUT2D eigenvalue weighted by atomic mass is 19.3. The van der Waals surface area contributed by atoms with Crippen molar-refractivity contribution in [3.05, 3.63) is 23.3 Å². The molecule has 0 saturated carbocycles. The topological polar surface area (TPSA) is 18.5 Å². The monoisotopic (exact) mass is 216 g/mol. The number of hydrogen-bond donors (Lipinski definition) is 0. The molecule has 84 valence electrons. The highest BCUT2D eigenvalue weighted by Crippen LogP contribution is 2.38. The number of alkyl halides is 2. The van der Waals surface area contributed by atoms with Crippen LogP contribution in [0, 0.1) is 0 Å². The first-order chi connectivity index (χ1) is 7.13. The molecule has 0 aliphatic heterocycles. The number of benzene rings is 1. The van der Waals surface area contributed by atoms with Gasteiger partial charge in [-0.25, -0.2) is 8.78 Å². The van der Waals surface area contributed by atoms with Crippen LogP contribution in [0.4, 0.5) is 8.78 Å². The van der Waals surface area contributed by atoms with Crippen molar-refractivity contribution in [2.75, 3.05) is 14.2 Å². The summed E-state index contributed by atoms with van der Waals surface area (Å²) in [5.74, 6) is 0.363. The van der Waals surface area contributed by atoms with Gasteiger partial charge in [0.05, 0.1) is 14.2 Å². The van der Waals surface area contributed by atoms with Gasteiger partial charge in [0.1, 0.15) is 17.1 Å². The number of methoxy groups -OCH3 is 2. The minimum atomic E-state index is -2.60. The summed E-state index contributed by atoms with van der Waals surface area (Å²) in [6.45, 7) is 1.94. The summed E-state index contributed by atoms with van der Waals surface area (Å²) in [5.41, 5.74) is 0.727. The molecule has 2 nitrogen and oxygen atoms in total. The number of halogens is 2. The summed E-state index contributed by atoms with van der Waals surface area (Å²) >= 11 is 0. The lowest BCUT2D eigenvalue weighted by atomic mass is 10.1. The van der Waals surface area contributed by atoms with Crippen LogP contribution in [0.2, 0.25) is 0 Å². The van der Waals surface area contributed by atoms with Crippen LogP contribution in [-0.4, -0.2) is 14.2 Å². The van der Waals surface area contributed by atoms with E-state index in [9.17, 15) is 8.78 Å². The second kappa shape index (κ2) is 4.96. The second-order valence-corrected chi connectivity index (χ2v) is 3.07. The van der Waals surface area contributed by atoms with E-state index in [1.54, 1.807) is 12.1 Å². The van der Waals surface area contributed by atoms with Crippen molar-refractivity contribution in [3.8, 4) is 11.5 Å². The van der Waals surface area contributed by atoms with Crippen molar-refractivity contribution in [2.45, 2.75) is 19.8 Å². The fourth-order valence-electron chi connectivity index (χ4n) is 1.41. The van der Waals surface area contributed by atoms with E-state index in [0.717, 1.165) is 12.0 Å². The van der Waals surface area contributed by atoms with Crippen LogP contribution in [0.5, 0.6) is 11.5 Å². The van der Waals surface area contributed by atoms with Gasteiger partial charge in [0.25, 0.3) is 6.43 Å². The van der Waals surface area contributed by atoms with Gasteiger partial charge in [-0.15, -0.1) is 0 Å². The number of aryl methyl sites for hydroxylation is 1. The van der Waals surface area contributed by atoms with E-state index in [4.69, 9.17) is 9.47 Å². The molecule has 0 heterocycles. The number of hydrogen-bond acceptors (Lipinski definition) is 2. The van der Waals surface area contributed by atoms with E-state index in [-0.39, 0.29) is 17.1 Å². The van der Waals surface area contributed by atoms with Crippen molar-refractivity contribution >= 4 is 0 Å². The molecule has 0 aliphatic carbocycles. The number of rotatable bonds is 4. The van der Waals surface area contributed by atoms with E-state index in [0.29, 0.717) is 0 Å². The van der Waals surface area contributed by atoms with E-state index < -0.39 is 6.43 Å². The zero-order chi connectivity index (χ0) is 11.4. The zero-order valence-corrected chi connectivity index (χ0v) is 9.01. The van der Waals surface area contributed by atoms with Crippen molar-refractivity contribution < 1.29 is 18.3 Å². The maximum atomic E-state index is 12.7. The summed E-state index contributed by atoms with van der Waals surface area (Å²) in [5, 5.41) is 0. The smallest absolute Gasteiger partial charge is 0.271 e. The Morgan fingerprint density at radius 2 is 1.60 bits per heavy atom. The van der Waals surface area contributed by atoms with Crippen LogP contribution in [0.1, 0.15) is 24.5 Å². The Bertz CT molecular complexity index is 312. The van der Waals surface area contributed by atoms with Crippen LogP contribution in [0.25, 0.3) is 0 Å². The SMILES string of the molecule is CCc1cc(OC)c(C(F)F)c(OC)c1. The van der Waals surface area contributed by atoms with Gasteiger partial charge in [0.15, 0.2) is 0 Å². The molecule has 0 aromatic heterocycles. The molecule has 0 saturated heterocycles. The van der Waals surface area contributed by atoms with Crippen LogP contribution in [-0.2, 0) is 6.42 Å². The van der Waals surface area contributed by atoms with Crippen LogP contribution < -0.4 is 9.47 Å². The van der Waals surface area contributed by atoms with Crippen LogP contribution in [0.15, 0.2) is 12.1 Å². The molecule has 0 aliphatic rings. The lowest BCUT2D eigenvalue weighted by Gasteiger charge is -2.14. The average Bonchev–Trinajstić information content (AvgIpc) is 2.26. The molecular formula is C11H14F2O2. The first kappa shape index (κ1) is 11.8. The average molecular weight is 216 g/mol. The van der Waals surface area contributed by atoms with E-state index >= 15 is 0 Å². The van der Waals surface area contributed by atoms with E-state index in [2.05, 4.69) is 0 Å². The van der Waals surface area contributed by atoms with Crippen molar-refractivity contribution in [1.82, 2.24) is 0 Å². The quantitative estimate of drug-likeness (QED) is 0.769. The van der Waals surface area contributed by atoms with Crippen molar-refractivity contribution in [1.29, 1.82) is 0 Å². The van der Waals surface area contributed by atoms with Gasteiger partial charge in [-0.05, 0) is 24.1 Å². The van der Waals surface area contributed by atoms with Crippen LogP contribution >= 0.6 is 0 Å². The molecule has 0 N–H and O–H groups in total. The molecule has 1 aromatic rings. The molecule has 4 heteroatoms. The third-order valence-electron chi connectivity index (χ3n) is 2.23. The van der Waals surface area contributed by atoms with Crippen molar-refractivity contribution in [3.63, 3.8) is 0 Å². The molecule has 15 heavy (non-hydrogen) atoms. The molecule has 0 radical (unpaired) electrons. The first-order valence-corrected chi connectivity index (χ1v) is 4.67. The molecule has 0 spiro atoms. The zero-order valence-electron chi connectivity index (χ0n) is 9.01. The third-order valence-corrected chi connectivity index (χ3v) is 2.23. The van der Waals surface area contributed by atoms with Gasteiger partial charge in [-0.2, -0.15) is 0 Å². The van der Waals surface area contributed by atoms with E-state index in [1.807, 2.05) is 6.92 Å². The second-order valence-electron chi connectivity index (χ2n) is 3.07. The Balaban J connectivity index is 3.32. The molecular weight excluding hydrogens is 202 g/mol. The van der Waals surface area contributed by atoms with Gasteiger partial charge in [-0.1, -0.05) is 6.92 Å². The standard InChI is InChI=1S/C11H14F2O2/c1-4-7-5-8(14-2)10(11(12)13)9(6-7)15-3/h5-6,11H,4H2,1-3H3. The predicted octanol–water partition coefficient (Wildman–Crippen LogP) is 3.20. The maximum absolute atomic E-state index is 12.7. The lowest BCUT2D eigenvalue weighted by molar-refractivity contribution is 0.142. The predicted molar refractivity (Wildman–Crippen MR) is 53.9 cm³/mol. The lowest BCUT2D eigenvalue weighted by Crippen LogP contribution is -1.99. The molecule has 1 aromatic carbocycles. The van der Waals surface area contributed by atoms with Gasteiger partial charge in [0.2, 0.25) is 0 Å². The molecule has 0 bridgehead atoms. The number of ether oxygens (including phenoxy) is 2. The fourth-order valence-corrected chi connectivity index (χ4v) is 1.41. The minimum absolute atomic E-state index is 0.182. The van der Waals surface area contributed by atoms with Crippen molar-refractivity contribution in [2.24, 2.45) is 0 Å². The molecule has 0 atom stereocenters. The Morgan fingerprint density at radius 1 is 1.13 bits per heavy atom. The van der Waals surface area contributed by atoms with Gasteiger partial charge < -0.3 is 9.47 Å². The molecule has 1 rings (SSSR count). The highest BCUT2D eigenvalue weighted by molar-refractivity contribution is 5.48. The molecule has 0 amide bonds. The summed E-state index contributed by atoms with van der Waals surface area (Å²) in [6.07, 6.45) is -1.85. The van der Waals surface area contributed by atoms with Gasteiger partial charge >= 0.3 is 0 Å². The van der Waals surface area contributed by atoms with Crippen LogP contribution in [0.3, 0.4) is 0 Å². The summed E-state index contributed by atoms with van der Waals surface area (Å²) in [6, 6.07) is 3.23. The molecule has 0 unspecified atom stereocenters. The Kier molecular flexibility index (Phi) is 3.88. The Labute approximate surface area is 87.8 Å².